The molecule has 6 nitrogen and oxygen atoms in total. The Balaban J connectivity index is 1.58. The number of fused-ring (bicyclic) bond motifs is 1. The number of nitrogens with zero attached hydrogens (tertiary/aromatic N) is 1. The zero-order valence-corrected chi connectivity index (χ0v) is 18.0. The van der Waals surface area contributed by atoms with E-state index >= 15 is 0 Å². The second-order valence-corrected chi connectivity index (χ2v) is 7.92. The van der Waals surface area contributed by atoms with Gasteiger partial charge >= 0.3 is 0 Å². The van der Waals surface area contributed by atoms with Gasteiger partial charge in [-0.2, -0.15) is 5.10 Å². The summed E-state index contributed by atoms with van der Waals surface area (Å²) in [6.45, 7) is 3.76. The maximum atomic E-state index is 12.8. The minimum Gasteiger partial charge on any atom is -0.455 e. The number of anilines is 1. The number of halogens is 1. The molecule has 2 N–H and O–H groups in total. The minimum absolute atomic E-state index is 0.226. The number of nitrogens with one attached hydrogen (secondary N) is 2. The number of rotatable bonds is 4. The number of carbonyl (C=O) groups is 2. The lowest BCUT2D eigenvalue weighted by molar-refractivity contribution is 0.0953. The number of amides is 2. The van der Waals surface area contributed by atoms with Gasteiger partial charge in [-0.05, 0) is 51.0 Å². The Morgan fingerprint density at radius 1 is 1.03 bits per heavy atom. The summed E-state index contributed by atoms with van der Waals surface area (Å²) in [5.74, 6) is 0.283. The molecule has 0 fully saturated rings. The summed E-state index contributed by atoms with van der Waals surface area (Å²) in [7, 11) is 0. The van der Waals surface area contributed by atoms with Gasteiger partial charge in [-0.25, -0.2) is 5.43 Å². The largest absolute Gasteiger partial charge is 0.455 e. The average molecular weight is 436 g/mol. The predicted molar refractivity (Wildman–Crippen MR) is 121 cm³/mol. The van der Waals surface area contributed by atoms with Crippen LogP contribution in [0.3, 0.4) is 0 Å². The number of carbonyl (C=O) groups excluding carboxylic acids is 2. The summed E-state index contributed by atoms with van der Waals surface area (Å²) < 4.78 is 5.90. The number of benzene rings is 2. The van der Waals surface area contributed by atoms with Crippen LogP contribution in [0.15, 0.2) is 58.0 Å². The molecule has 158 valence electrons. The molecule has 0 unspecified atom stereocenters. The molecule has 2 amide bonds. The molecule has 31 heavy (non-hydrogen) atoms. The van der Waals surface area contributed by atoms with Crippen LogP contribution >= 0.6 is 11.6 Å². The van der Waals surface area contributed by atoms with Crippen molar-refractivity contribution >= 4 is 34.8 Å². The van der Waals surface area contributed by atoms with Crippen LogP contribution < -0.4 is 10.7 Å². The van der Waals surface area contributed by atoms with Gasteiger partial charge in [0.25, 0.3) is 11.8 Å². The van der Waals surface area contributed by atoms with E-state index in [2.05, 4.69) is 15.8 Å². The highest BCUT2D eigenvalue weighted by atomic mass is 35.5. The Morgan fingerprint density at radius 2 is 1.84 bits per heavy atom. The lowest BCUT2D eigenvalue weighted by Crippen LogP contribution is -2.22. The number of hydrazone groups is 1. The predicted octanol–water partition coefficient (Wildman–Crippen LogP) is 5.27. The summed E-state index contributed by atoms with van der Waals surface area (Å²) >= 11 is 6.15. The van der Waals surface area contributed by atoms with Crippen molar-refractivity contribution < 1.29 is 14.0 Å². The Hall–Kier alpha value is -3.38. The smallest absolute Gasteiger partial charge is 0.291 e. The van der Waals surface area contributed by atoms with Gasteiger partial charge in [-0.3, -0.25) is 9.59 Å². The molecule has 0 saturated carbocycles. The molecule has 0 spiro atoms. The van der Waals surface area contributed by atoms with E-state index in [1.54, 1.807) is 30.3 Å². The van der Waals surface area contributed by atoms with Crippen LogP contribution in [-0.4, -0.2) is 17.5 Å². The molecule has 7 heteroatoms. The van der Waals surface area contributed by atoms with Gasteiger partial charge in [0.2, 0.25) is 0 Å². The van der Waals surface area contributed by atoms with Crippen molar-refractivity contribution in [3.05, 3.63) is 87.3 Å². The standard InChI is InChI=1S/C24H22ClN3O3/c1-14-7-5-8-16(13-14)23(29)28-27-19-11-6-12-20-21(19)15(2)22(31-20)24(30)26-18-10-4-3-9-17(18)25/h3-5,7-10,13H,6,11-12H2,1-2H3,(H,26,30)(H,28,29)/b27-19+. The molecule has 1 aliphatic rings. The maximum Gasteiger partial charge on any atom is 0.291 e. The van der Waals surface area contributed by atoms with E-state index < -0.39 is 0 Å². The highest BCUT2D eigenvalue weighted by Gasteiger charge is 2.28. The Morgan fingerprint density at radius 3 is 2.61 bits per heavy atom. The van der Waals surface area contributed by atoms with Crippen molar-refractivity contribution in [3.63, 3.8) is 0 Å². The van der Waals surface area contributed by atoms with Crippen LogP contribution in [0.5, 0.6) is 0 Å². The zero-order valence-electron chi connectivity index (χ0n) is 17.3. The molecule has 3 aromatic rings. The summed E-state index contributed by atoms with van der Waals surface area (Å²) in [5.41, 5.74) is 6.90. The Bertz CT molecular complexity index is 1200. The van der Waals surface area contributed by atoms with Crippen LogP contribution in [0.2, 0.25) is 5.02 Å². The van der Waals surface area contributed by atoms with Crippen molar-refractivity contribution in [2.45, 2.75) is 33.1 Å². The van der Waals surface area contributed by atoms with Crippen LogP contribution in [0.1, 0.15) is 56.2 Å². The number of furan rings is 1. The highest BCUT2D eigenvalue weighted by Crippen LogP contribution is 2.31. The SMILES string of the molecule is Cc1cccc(C(=O)N/N=C2\CCCc3oc(C(=O)Nc4ccccc4Cl)c(C)c32)c1. The van der Waals surface area contributed by atoms with Gasteiger partial charge in [-0.15, -0.1) is 0 Å². The van der Waals surface area contributed by atoms with Crippen LogP contribution in [0.4, 0.5) is 5.69 Å². The number of hydrogen-bond acceptors (Lipinski definition) is 4. The summed E-state index contributed by atoms with van der Waals surface area (Å²) in [6, 6.07) is 14.3. The summed E-state index contributed by atoms with van der Waals surface area (Å²) in [4.78, 5) is 25.3. The molecule has 0 bridgehead atoms. The van der Waals surface area contributed by atoms with E-state index in [0.717, 1.165) is 17.5 Å². The molecular formula is C24H22ClN3O3. The van der Waals surface area contributed by atoms with E-state index in [1.165, 1.54) is 0 Å². The monoisotopic (exact) mass is 435 g/mol. The first-order valence-electron chi connectivity index (χ1n) is 10.1. The Kier molecular flexibility index (Phi) is 5.91. The molecule has 1 aromatic heterocycles. The van der Waals surface area contributed by atoms with Crippen molar-refractivity contribution in [2.75, 3.05) is 5.32 Å². The average Bonchev–Trinajstić information content (AvgIpc) is 3.11. The third-order valence-corrected chi connectivity index (χ3v) is 5.56. The molecule has 0 aliphatic heterocycles. The first-order chi connectivity index (χ1) is 14.9. The Labute approximate surface area is 185 Å². The molecule has 4 rings (SSSR count). The molecule has 1 heterocycles. The first kappa shape index (κ1) is 20.9. The van der Waals surface area contributed by atoms with Crippen molar-refractivity contribution in [1.82, 2.24) is 5.43 Å². The minimum atomic E-state index is -0.372. The van der Waals surface area contributed by atoms with E-state index in [0.29, 0.717) is 46.2 Å². The lowest BCUT2D eigenvalue weighted by Gasteiger charge is -2.13. The molecule has 2 aromatic carbocycles. The normalized spacial score (nSPS) is 14.2. The van der Waals surface area contributed by atoms with Gasteiger partial charge in [0, 0.05) is 23.1 Å². The fourth-order valence-corrected chi connectivity index (χ4v) is 3.89. The third kappa shape index (κ3) is 4.39. The summed E-state index contributed by atoms with van der Waals surface area (Å²) in [6.07, 6.45) is 2.22. The van der Waals surface area contributed by atoms with E-state index in [-0.39, 0.29) is 17.6 Å². The quantitative estimate of drug-likeness (QED) is 0.547. The molecule has 0 saturated heterocycles. The zero-order chi connectivity index (χ0) is 22.0. The van der Waals surface area contributed by atoms with Gasteiger partial charge in [0.1, 0.15) is 5.76 Å². The first-order valence-corrected chi connectivity index (χ1v) is 10.4. The van der Waals surface area contributed by atoms with Gasteiger partial charge < -0.3 is 9.73 Å². The van der Waals surface area contributed by atoms with E-state index in [4.69, 9.17) is 16.0 Å². The fourth-order valence-electron chi connectivity index (χ4n) is 3.71. The van der Waals surface area contributed by atoms with Crippen molar-refractivity contribution in [3.8, 4) is 0 Å². The van der Waals surface area contributed by atoms with Crippen LogP contribution in [0, 0.1) is 13.8 Å². The van der Waals surface area contributed by atoms with Gasteiger partial charge in [-0.1, -0.05) is 41.4 Å². The molecule has 0 radical (unpaired) electrons. The third-order valence-electron chi connectivity index (χ3n) is 5.23. The number of aryl methyl sites for hydroxylation is 2. The maximum absolute atomic E-state index is 12.8. The second kappa shape index (κ2) is 8.78. The van der Waals surface area contributed by atoms with Crippen molar-refractivity contribution in [2.24, 2.45) is 5.10 Å². The van der Waals surface area contributed by atoms with E-state index in [1.807, 2.05) is 32.0 Å². The number of para-hydroxylation sites is 1. The van der Waals surface area contributed by atoms with Gasteiger partial charge in [0.05, 0.1) is 16.4 Å². The lowest BCUT2D eigenvalue weighted by atomic mass is 9.93. The van der Waals surface area contributed by atoms with Gasteiger partial charge in [0.15, 0.2) is 5.76 Å². The molecule has 0 atom stereocenters. The number of hydrogen-bond donors (Lipinski definition) is 2. The second-order valence-electron chi connectivity index (χ2n) is 7.51. The topological polar surface area (TPSA) is 83.7 Å². The molecular weight excluding hydrogens is 414 g/mol. The van der Waals surface area contributed by atoms with Crippen molar-refractivity contribution in [1.29, 1.82) is 0 Å². The highest BCUT2D eigenvalue weighted by molar-refractivity contribution is 6.33. The summed E-state index contributed by atoms with van der Waals surface area (Å²) in [5, 5.41) is 7.61. The van der Waals surface area contributed by atoms with Crippen LogP contribution in [-0.2, 0) is 6.42 Å². The molecule has 1 aliphatic carbocycles. The fraction of sp³-hybridized carbons (Fsp3) is 0.208. The van der Waals surface area contributed by atoms with E-state index in [9.17, 15) is 9.59 Å². The van der Waals surface area contributed by atoms with Crippen LogP contribution in [0.25, 0.3) is 0 Å².